The maximum atomic E-state index is 8.36. The summed E-state index contributed by atoms with van der Waals surface area (Å²) >= 11 is 3.13. The molecule has 6 heteroatoms. The van der Waals surface area contributed by atoms with E-state index in [-0.39, 0.29) is 0 Å². The SMILES string of the molecule is CCCNc1nnc(SCCC#N)s1. The largest absolute Gasteiger partial charge is 0.360 e. The summed E-state index contributed by atoms with van der Waals surface area (Å²) < 4.78 is 0.929. The Balaban J connectivity index is 2.32. The normalized spacial score (nSPS) is 9.71. The standard InChI is InChI=1S/C8H12N4S2/c1-2-5-10-7-11-12-8(14-7)13-6-3-4-9/h2-3,5-6H2,1H3,(H,10,11). The zero-order valence-corrected chi connectivity index (χ0v) is 9.62. The van der Waals surface area contributed by atoms with Gasteiger partial charge in [0.25, 0.3) is 0 Å². The van der Waals surface area contributed by atoms with Crippen LogP contribution in [0.2, 0.25) is 0 Å². The van der Waals surface area contributed by atoms with Gasteiger partial charge in [0.15, 0.2) is 4.34 Å². The Morgan fingerprint density at radius 3 is 3.14 bits per heavy atom. The summed E-state index contributed by atoms with van der Waals surface area (Å²) in [6.07, 6.45) is 1.64. The Labute approximate surface area is 91.7 Å². The highest BCUT2D eigenvalue weighted by Gasteiger charge is 2.02. The van der Waals surface area contributed by atoms with Gasteiger partial charge in [-0.25, -0.2) is 0 Å². The van der Waals surface area contributed by atoms with Crippen molar-refractivity contribution in [1.82, 2.24) is 10.2 Å². The number of hydrogen-bond donors (Lipinski definition) is 1. The summed E-state index contributed by atoms with van der Waals surface area (Å²) in [4.78, 5) is 0. The lowest BCUT2D eigenvalue weighted by atomic mass is 10.5. The average molecular weight is 228 g/mol. The Hall–Kier alpha value is -0.800. The molecule has 1 N–H and O–H groups in total. The second-order valence-electron chi connectivity index (χ2n) is 2.56. The van der Waals surface area contributed by atoms with Crippen molar-refractivity contribution >= 4 is 28.2 Å². The Morgan fingerprint density at radius 1 is 1.57 bits per heavy atom. The number of nitriles is 1. The molecule has 0 radical (unpaired) electrons. The zero-order valence-electron chi connectivity index (χ0n) is 7.99. The Morgan fingerprint density at radius 2 is 2.43 bits per heavy atom. The minimum atomic E-state index is 0.558. The number of nitrogens with one attached hydrogen (secondary N) is 1. The minimum Gasteiger partial charge on any atom is -0.360 e. The van der Waals surface area contributed by atoms with Crippen LogP contribution in [0.3, 0.4) is 0 Å². The van der Waals surface area contributed by atoms with E-state index in [4.69, 9.17) is 5.26 Å². The minimum absolute atomic E-state index is 0.558. The molecule has 0 atom stereocenters. The fourth-order valence-electron chi connectivity index (χ4n) is 0.755. The molecule has 1 rings (SSSR count). The first-order chi connectivity index (χ1) is 6.86. The summed E-state index contributed by atoms with van der Waals surface area (Å²) in [6.45, 7) is 3.04. The van der Waals surface area contributed by atoms with E-state index in [1.807, 2.05) is 0 Å². The number of rotatable bonds is 6. The van der Waals surface area contributed by atoms with Gasteiger partial charge >= 0.3 is 0 Å². The quantitative estimate of drug-likeness (QED) is 0.598. The third-order valence-corrected chi connectivity index (χ3v) is 3.39. The molecule has 0 saturated carbocycles. The van der Waals surface area contributed by atoms with Crippen molar-refractivity contribution in [1.29, 1.82) is 5.26 Å². The van der Waals surface area contributed by atoms with Crippen molar-refractivity contribution in [2.24, 2.45) is 0 Å². The van der Waals surface area contributed by atoms with Crippen molar-refractivity contribution in [3.63, 3.8) is 0 Å². The van der Waals surface area contributed by atoms with Gasteiger partial charge in [-0.1, -0.05) is 30.0 Å². The molecule has 0 fully saturated rings. The van der Waals surface area contributed by atoms with E-state index < -0.39 is 0 Å². The summed E-state index contributed by atoms with van der Waals surface area (Å²) in [5.74, 6) is 0.791. The molecule has 1 heterocycles. The van der Waals surface area contributed by atoms with Crippen LogP contribution in [-0.2, 0) is 0 Å². The lowest BCUT2D eigenvalue weighted by molar-refractivity contribution is 0.951. The summed E-state index contributed by atoms with van der Waals surface area (Å²) in [5.41, 5.74) is 0. The molecule has 0 bridgehead atoms. The molecule has 76 valence electrons. The van der Waals surface area contributed by atoms with Gasteiger partial charge < -0.3 is 5.32 Å². The second kappa shape index (κ2) is 6.62. The number of anilines is 1. The molecule has 0 aromatic carbocycles. The first-order valence-electron chi connectivity index (χ1n) is 4.44. The van der Waals surface area contributed by atoms with Crippen LogP contribution >= 0.6 is 23.1 Å². The van der Waals surface area contributed by atoms with Crippen LogP contribution in [0.25, 0.3) is 0 Å². The van der Waals surface area contributed by atoms with Gasteiger partial charge in [-0.3, -0.25) is 0 Å². The average Bonchev–Trinajstić information content (AvgIpc) is 2.63. The highest BCUT2D eigenvalue weighted by Crippen LogP contribution is 2.25. The smallest absolute Gasteiger partial charge is 0.206 e. The van der Waals surface area contributed by atoms with E-state index in [0.29, 0.717) is 6.42 Å². The van der Waals surface area contributed by atoms with Gasteiger partial charge in [0.2, 0.25) is 5.13 Å². The third kappa shape index (κ3) is 3.94. The lowest BCUT2D eigenvalue weighted by Gasteiger charge is -1.95. The maximum absolute atomic E-state index is 8.36. The topological polar surface area (TPSA) is 61.6 Å². The van der Waals surface area contributed by atoms with Crippen molar-refractivity contribution in [2.75, 3.05) is 17.6 Å². The molecular weight excluding hydrogens is 216 g/mol. The van der Waals surface area contributed by atoms with E-state index in [1.165, 1.54) is 0 Å². The summed E-state index contributed by atoms with van der Waals surface area (Å²) in [7, 11) is 0. The fraction of sp³-hybridized carbons (Fsp3) is 0.625. The highest BCUT2D eigenvalue weighted by atomic mass is 32.2. The molecule has 0 unspecified atom stereocenters. The third-order valence-electron chi connectivity index (χ3n) is 1.37. The van der Waals surface area contributed by atoms with Crippen LogP contribution in [0.15, 0.2) is 4.34 Å². The van der Waals surface area contributed by atoms with E-state index in [0.717, 1.165) is 28.2 Å². The van der Waals surface area contributed by atoms with Gasteiger partial charge in [-0.05, 0) is 6.42 Å². The summed E-state index contributed by atoms with van der Waals surface area (Å²) in [6, 6.07) is 2.10. The Bertz CT molecular complexity index is 305. The van der Waals surface area contributed by atoms with E-state index in [1.54, 1.807) is 23.1 Å². The first-order valence-corrected chi connectivity index (χ1v) is 6.24. The van der Waals surface area contributed by atoms with Crippen LogP contribution in [-0.4, -0.2) is 22.5 Å². The van der Waals surface area contributed by atoms with Crippen LogP contribution < -0.4 is 5.32 Å². The molecule has 1 aromatic rings. The number of hydrogen-bond acceptors (Lipinski definition) is 6. The fourth-order valence-corrected chi connectivity index (χ4v) is 2.45. The highest BCUT2D eigenvalue weighted by molar-refractivity contribution is 8.01. The predicted octanol–water partition coefficient (Wildman–Crippen LogP) is 2.37. The van der Waals surface area contributed by atoms with E-state index in [9.17, 15) is 0 Å². The van der Waals surface area contributed by atoms with Crippen LogP contribution in [0, 0.1) is 11.3 Å². The van der Waals surface area contributed by atoms with Gasteiger partial charge in [0.1, 0.15) is 0 Å². The van der Waals surface area contributed by atoms with Crippen molar-refractivity contribution in [3.05, 3.63) is 0 Å². The maximum Gasteiger partial charge on any atom is 0.206 e. The van der Waals surface area contributed by atoms with Crippen LogP contribution in [0.4, 0.5) is 5.13 Å². The van der Waals surface area contributed by atoms with Gasteiger partial charge in [-0.2, -0.15) is 5.26 Å². The van der Waals surface area contributed by atoms with Gasteiger partial charge in [-0.15, -0.1) is 10.2 Å². The molecular formula is C8H12N4S2. The van der Waals surface area contributed by atoms with Gasteiger partial charge in [0.05, 0.1) is 6.07 Å². The molecule has 0 amide bonds. The molecule has 0 saturated heterocycles. The Kier molecular flexibility index (Phi) is 5.33. The molecule has 0 aliphatic rings. The molecule has 0 aliphatic carbocycles. The number of thioether (sulfide) groups is 1. The second-order valence-corrected chi connectivity index (χ2v) is 4.88. The first kappa shape index (κ1) is 11.3. The van der Waals surface area contributed by atoms with Crippen LogP contribution in [0.5, 0.6) is 0 Å². The lowest BCUT2D eigenvalue weighted by Crippen LogP contribution is -1.98. The monoisotopic (exact) mass is 228 g/mol. The van der Waals surface area contributed by atoms with Crippen molar-refractivity contribution in [3.8, 4) is 6.07 Å². The number of nitrogens with zero attached hydrogens (tertiary/aromatic N) is 3. The van der Waals surface area contributed by atoms with Crippen molar-refractivity contribution < 1.29 is 0 Å². The molecule has 4 nitrogen and oxygen atoms in total. The predicted molar refractivity (Wildman–Crippen MR) is 59.6 cm³/mol. The number of aromatic nitrogens is 2. The van der Waals surface area contributed by atoms with E-state index in [2.05, 4.69) is 28.5 Å². The van der Waals surface area contributed by atoms with Crippen LogP contribution in [0.1, 0.15) is 19.8 Å². The molecule has 14 heavy (non-hydrogen) atoms. The molecule has 0 aliphatic heterocycles. The molecule has 1 aromatic heterocycles. The summed E-state index contributed by atoms with van der Waals surface area (Å²) in [5, 5.41) is 20.4. The molecule has 0 spiro atoms. The zero-order chi connectivity index (χ0) is 10.2. The van der Waals surface area contributed by atoms with Crippen molar-refractivity contribution in [2.45, 2.75) is 24.1 Å². The van der Waals surface area contributed by atoms with Gasteiger partial charge in [0, 0.05) is 18.7 Å². The van der Waals surface area contributed by atoms with E-state index >= 15 is 0 Å².